The molecule has 3 rings (SSSR count). The molecule has 0 bridgehead atoms. The van der Waals surface area contributed by atoms with E-state index in [0.29, 0.717) is 28.5 Å². The number of carbonyl (C=O) groups is 1. The van der Waals surface area contributed by atoms with Gasteiger partial charge < -0.3 is 14.9 Å². The van der Waals surface area contributed by atoms with Crippen LogP contribution >= 0.6 is 11.6 Å². The number of nitrogens with one attached hydrogen (secondary N) is 1. The molecule has 28 heavy (non-hydrogen) atoms. The van der Waals surface area contributed by atoms with Crippen molar-refractivity contribution in [2.45, 2.75) is 6.61 Å². The van der Waals surface area contributed by atoms with Crippen molar-refractivity contribution < 1.29 is 19.7 Å². The quantitative estimate of drug-likeness (QED) is 0.432. The van der Waals surface area contributed by atoms with Crippen molar-refractivity contribution in [3.8, 4) is 17.2 Å². The number of halogens is 1. The third-order valence-electron chi connectivity index (χ3n) is 3.82. The molecule has 0 saturated heterocycles. The predicted molar refractivity (Wildman–Crippen MR) is 107 cm³/mol. The van der Waals surface area contributed by atoms with Gasteiger partial charge in [-0.25, -0.2) is 5.43 Å². The standard InChI is InChI=1S/C21H17ClN2O4/c22-17-6-1-14(2-7-17)13-28-19-9-4-15(5-10-19)21(27)24-23-12-16-3-8-18(25)11-20(16)26/h1-12,25-26H,13H2,(H,24,27)/b23-12+. The Bertz CT molecular complexity index is 986. The Morgan fingerprint density at radius 1 is 1.04 bits per heavy atom. The second-order valence-corrected chi connectivity index (χ2v) is 6.32. The van der Waals surface area contributed by atoms with Gasteiger partial charge in [0.25, 0.3) is 5.91 Å². The lowest BCUT2D eigenvalue weighted by Crippen LogP contribution is -2.17. The number of rotatable bonds is 6. The molecule has 0 radical (unpaired) electrons. The minimum Gasteiger partial charge on any atom is -0.508 e. The second kappa shape index (κ2) is 8.92. The number of amides is 1. The first-order chi connectivity index (χ1) is 13.5. The number of hydrogen-bond donors (Lipinski definition) is 3. The van der Waals surface area contributed by atoms with Gasteiger partial charge in [0.1, 0.15) is 23.9 Å². The Balaban J connectivity index is 1.54. The van der Waals surface area contributed by atoms with Crippen LogP contribution in [0.25, 0.3) is 0 Å². The van der Waals surface area contributed by atoms with Crippen LogP contribution < -0.4 is 10.2 Å². The van der Waals surface area contributed by atoms with Gasteiger partial charge in [0.15, 0.2) is 0 Å². The highest BCUT2D eigenvalue weighted by Gasteiger charge is 2.05. The van der Waals surface area contributed by atoms with Crippen molar-refractivity contribution in [2.24, 2.45) is 5.10 Å². The topological polar surface area (TPSA) is 91.2 Å². The van der Waals surface area contributed by atoms with Crippen molar-refractivity contribution in [2.75, 3.05) is 0 Å². The van der Waals surface area contributed by atoms with E-state index < -0.39 is 5.91 Å². The lowest BCUT2D eigenvalue weighted by molar-refractivity contribution is 0.0955. The largest absolute Gasteiger partial charge is 0.508 e. The first-order valence-corrected chi connectivity index (χ1v) is 8.72. The van der Waals surface area contributed by atoms with Gasteiger partial charge in [0, 0.05) is 22.2 Å². The van der Waals surface area contributed by atoms with Crippen LogP contribution in [0.3, 0.4) is 0 Å². The summed E-state index contributed by atoms with van der Waals surface area (Å²) in [7, 11) is 0. The molecule has 142 valence electrons. The van der Waals surface area contributed by atoms with E-state index in [4.69, 9.17) is 16.3 Å². The lowest BCUT2D eigenvalue weighted by atomic mass is 10.2. The summed E-state index contributed by atoms with van der Waals surface area (Å²) >= 11 is 5.85. The molecule has 0 saturated carbocycles. The van der Waals surface area contributed by atoms with E-state index >= 15 is 0 Å². The maximum atomic E-state index is 12.1. The summed E-state index contributed by atoms with van der Waals surface area (Å²) in [5, 5.41) is 23.4. The summed E-state index contributed by atoms with van der Waals surface area (Å²) in [5.41, 5.74) is 4.13. The number of carbonyl (C=O) groups excluding carboxylic acids is 1. The zero-order chi connectivity index (χ0) is 19.9. The fourth-order valence-electron chi connectivity index (χ4n) is 2.32. The summed E-state index contributed by atoms with van der Waals surface area (Å²) in [6.45, 7) is 0.392. The van der Waals surface area contributed by atoms with Crippen molar-refractivity contribution in [3.63, 3.8) is 0 Å². The third-order valence-corrected chi connectivity index (χ3v) is 4.07. The average molecular weight is 397 g/mol. The summed E-state index contributed by atoms with van der Waals surface area (Å²) in [6, 6.07) is 18.1. The van der Waals surface area contributed by atoms with E-state index in [1.807, 2.05) is 12.1 Å². The molecule has 0 aromatic heterocycles. The Hall–Kier alpha value is -3.51. The molecule has 6 nitrogen and oxygen atoms in total. The summed E-state index contributed by atoms with van der Waals surface area (Å²) in [5.74, 6) is 0.0278. The van der Waals surface area contributed by atoms with Crippen molar-refractivity contribution >= 4 is 23.7 Å². The van der Waals surface area contributed by atoms with Crippen molar-refractivity contribution in [1.29, 1.82) is 0 Å². The van der Waals surface area contributed by atoms with Crippen LogP contribution in [-0.4, -0.2) is 22.3 Å². The van der Waals surface area contributed by atoms with Gasteiger partial charge in [-0.15, -0.1) is 0 Å². The van der Waals surface area contributed by atoms with E-state index in [0.717, 1.165) is 5.56 Å². The number of hydrazone groups is 1. The highest BCUT2D eigenvalue weighted by atomic mass is 35.5. The zero-order valence-corrected chi connectivity index (χ0v) is 15.4. The Morgan fingerprint density at radius 3 is 2.43 bits per heavy atom. The van der Waals surface area contributed by atoms with Crippen LogP contribution in [0.5, 0.6) is 17.2 Å². The number of phenols is 2. The van der Waals surface area contributed by atoms with Crippen LogP contribution in [0, 0.1) is 0 Å². The summed E-state index contributed by atoms with van der Waals surface area (Å²) in [4.78, 5) is 12.1. The van der Waals surface area contributed by atoms with Crippen LogP contribution in [0.2, 0.25) is 5.02 Å². The van der Waals surface area contributed by atoms with E-state index in [1.165, 1.54) is 24.4 Å². The molecule has 0 spiro atoms. The molecule has 0 aliphatic rings. The minimum absolute atomic E-state index is 0.0583. The third kappa shape index (κ3) is 5.25. The molecule has 0 aliphatic carbocycles. The van der Waals surface area contributed by atoms with Gasteiger partial charge in [-0.2, -0.15) is 5.10 Å². The molecular formula is C21H17ClN2O4. The van der Waals surface area contributed by atoms with Gasteiger partial charge in [-0.1, -0.05) is 23.7 Å². The van der Waals surface area contributed by atoms with Crippen molar-refractivity contribution in [1.82, 2.24) is 5.43 Å². The number of hydrogen-bond acceptors (Lipinski definition) is 5. The highest BCUT2D eigenvalue weighted by molar-refractivity contribution is 6.30. The number of aromatic hydroxyl groups is 2. The van der Waals surface area contributed by atoms with Gasteiger partial charge in [0.05, 0.1) is 6.21 Å². The van der Waals surface area contributed by atoms with Crippen LogP contribution in [0.15, 0.2) is 71.8 Å². The van der Waals surface area contributed by atoms with E-state index in [-0.39, 0.29) is 11.5 Å². The molecule has 0 unspecified atom stereocenters. The highest BCUT2D eigenvalue weighted by Crippen LogP contribution is 2.20. The van der Waals surface area contributed by atoms with Gasteiger partial charge in [-0.05, 0) is 54.1 Å². The van der Waals surface area contributed by atoms with Crippen LogP contribution in [-0.2, 0) is 6.61 Å². The lowest BCUT2D eigenvalue weighted by Gasteiger charge is -2.07. The molecule has 3 N–H and O–H groups in total. The fraction of sp³-hybridized carbons (Fsp3) is 0.0476. The second-order valence-electron chi connectivity index (χ2n) is 5.88. The number of phenolic OH excluding ortho intramolecular Hbond substituents is 2. The Kier molecular flexibility index (Phi) is 6.14. The van der Waals surface area contributed by atoms with E-state index in [2.05, 4.69) is 10.5 Å². The summed E-state index contributed by atoms with van der Waals surface area (Å²) in [6.07, 6.45) is 1.29. The molecule has 7 heteroatoms. The first-order valence-electron chi connectivity index (χ1n) is 8.34. The maximum Gasteiger partial charge on any atom is 0.271 e. The molecule has 1 amide bonds. The van der Waals surface area contributed by atoms with Crippen LogP contribution in [0.1, 0.15) is 21.5 Å². The number of nitrogens with zero attached hydrogens (tertiary/aromatic N) is 1. The van der Waals surface area contributed by atoms with E-state index in [1.54, 1.807) is 36.4 Å². The average Bonchev–Trinajstić information content (AvgIpc) is 2.69. The summed E-state index contributed by atoms with van der Waals surface area (Å²) < 4.78 is 5.68. The molecule has 0 fully saturated rings. The van der Waals surface area contributed by atoms with Gasteiger partial charge in [-0.3, -0.25) is 4.79 Å². The monoisotopic (exact) mass is 396 g/mol. The predicted octanol–water partition coefficient (Wildman–Crippen LogP) is 4.09. The van der Waals surface area contributed by atoms with E-state index in [9.17, 15) is 15.0 Å². The maximum absolute atomic E-state index is 12.1. The minimum atomic E-state index is -0.404. The number of ether oxygens (including phenoxy) is 1. The smallest absolute Gasteiger partial charge is 0.271 e. The SMILES string of the molecule is O=C(N/N=C/c1ccc(O)cc1O)c1ccc(OCc2ccc(Cl)cc2)cc1. The Morgan fingerprint density at radius 2 is 1.75 bits per heavy atom. The Labute approximate surface area is 166 Å². The first kappa shape index (κ1) is 19.3. The zero-order valence-electron chi connectivity index (χ0n) is 14.7. The van der Waals surface area contributed by atoms with Crippen molar-refractivity contribution in [3.05, 3.63) is 88.4 Å². The number of benzene rings is 3. The van der Waals surface area contributed by atoms with Gasteiger partial charge >= 0.3 is 0 Å². The molecule has 3 aromatic rings. The molecule has 3 aromatic carbocycles. The van der Waals surface area contributed by atoms with Gasteiger partial charge in [0.2, 0.25) is 0 Å². The molecule has 0 atom stereocenters. The normalized spacial score (nSPS) is 10.8. The fourth-order valence-corrected chi connectivity index (χ4v) is 2.44. The van der Waals surface area contributed by atoms with Crippen LogP contribution in [0.4, 0.5) is 0 Å². The molecular weight excluding hydrogens is 380 g/mol. The molecule has 0 heterocycles. The molecule has 0 aliphatic heterocycles.